The van der Waals surface area contributed by atoms with Gasteiger partial charge in [0.25, 0.3) is 0 Å². The first-order valence-corrected chi connectivity index (χ1v) is 12.9. The van der Waals surface area contributed by atoms with Gasteiger partial charge in [-0.2, -0.15) is 5.26 Å². The molecule has 0 unspecified atom stereocenters. The fourth-order valence-corrected chi connectivity index (χ4v) is 4.52. The van der Waals surface area contributed by atoms with E-state index in [4.69, 9.17) is 5.26 Å². The molecule has 1 amide bonds. The lowest BCUT2D eigenvalue weighted by molar-refractivity contribution is -0.115. The molecule has 8 nitrogen and oxygen atoms in total. The lowest BCUT2D eigenvalue weighted by Crippen LogP contribution is -2.32. The molecule has 0 atom stereocenters. The Morgan fingerprint density at radius 2 is 1.66 bits per heavy atom. The van der Waals surface area contributed by atoms with Gasteiger partial charge in [-0.25, -0.2) is 5.10 Å². The van der Waals surface area contributed by atoms with Gasteiger partial charge < -0.3 is 10.2 Å². The highest BCUT2D eigenvalue weighted by atomic mass is 16.1. The Balaban J connectivity index is 1.73. The van der Waals surface area contributed by atoms with E-state index in [0.717, 1.165) is 46.7 Å². The van der Waals surface area contributed by atoms with Crippen LogP contribution < -0.4 is 10.2 Å². The van der Waals surface area contributed by atoms with Gasteiger partial charge in [-0.1, -0.05) is 70.2 Å². The van der Waals surface area contributed by atoms with Crippen LogP contribution >= 0.6 is 0 Å². The second-order valence-corrected chi connectivity index (χ2v) is 10.3. The van der Waals surface area contributed by atoms with Crippen LogP contribution in [0.1, 0.15) is 38.8 Å². The first-order chi connectivity index (χ1) is 18.3. The van der Waals surface area contributed by atoms with Crippen LogP contribution in [0.4, 0.5) is 11.4 Å². The Morgan fingerprint density at radius 1 is 0.974 bits per heavy atom. The second-order valence-electron chi connectivity index (χ2n) is 10.3. The third-order valence-corrected chi connectivity index (χ3v) is 6.07. The van der Waals surface area contributed by atoms with E-state index in [0.29, 0.717) is 23.2 Å². The van der Waals surface area contributed by atoms with Gasteiger partial charge in [-0.15, -0.1) is 5.10 Å². The topological polar surface area (TPSA) is 111 Å². The van der Waals surface area contributed by atoms with Crippen molar-refractivity contribution in [2.75, 3.05) is 23.3 Å². The number of hydrogen-bond donors (Lipinski definition) is 2. The van der Waals surface area contributed by atoms with Gasteiger partial charge in [0.1, 0.15) is 0 Å². The van der Waals surface area contributed by atoms with E-state index in [1.54, 1.807) is 12.1 Å². The number of nitrogens with zero attached hydrogens (tertiary/aromatic N) is 5. The number of nitriles is 1. The highest BCUT2D eigenvalue weighted by Crippen LogP contribution is 2.36. The summed E-state index contributed by atoms with van der Waals surface area (Å²) in [6.45, 7) is 10.5. The van der Waals surface area contributed by atoms with Crippen molar-refractivity contribution in [3.8, 4) is 28.6 Å². The van der Waals surface area contributed by atoms with Crippen molar-refractivity contribution in [2.45, 2.75) is 34.1 Å². The van der Waals surface area contributed by atoms with Crippen molar-refractivity contribution >= 4 is 17.3 Å². The molecule has 1 heterocycles. The Morgan fingerprint density at radius 3 is 2.26 bits per heavy atom. The average Bonchev–Trinajstić information content (AvgIpc) is 3.43. The molecule has 0 aliphatic carbocycles. The lowest BCUT2D eigenvalue weighted by atomic mass is 9.97. The zero-order valence-electron chi connectivity index (χ0n) is 22.3. The maximum Gasteiger partial charge on any atom is 0.228 e. The predicted octanol–water partition coefficient (Wildman–Crippen LogP) is 5.70. The van der Waals surface area contributed by atoms with Gasteiger partial charge in [0, 0.05) is 18.7 Å². The normalized spacial score (nSPS) is 11.0. The number of anilines is 2. The molecule has 0 aliphatic rings. The van der Waals surface area contributed by atoms with E-state index in [1.165, 1.54) is 0 Å². The Bertz CT molecular complexity index is 1390. The molecule has 1 aromatic heterocycles. The van der Waals surface area contributed by atoms with Gasteiger partial charge in [-0.05, 0) is 63.2 Å². The molecule has 0 saturated carbocycles. The number of amides is 1. The molecular weight excluding hydrogens is 474 g/mol. The summed E-state index contributed by atoms with van der Waals surface area (Å²) in [6.07, 6.45) is 0.212. The van der Waals surface area contributed by atoms with Crippen LogP contribution in [0, 0.1) is 23.2 Å². The number of nitrogens with one attached hydrogen (secondary N) is 2. The molecule has 0 bridgehead atoms. The minimum atomic E-state index is -0.116. The number of hydrogen-bond acceptors (Lipinski definition) is 6. The van der Waals surface area contributed by atoms with Crippen LogP contribution in [-0.4, -0.2) is 39.6 Å². The molecule has 2 N–H and O–H groups in total. The van der Waals surface area contributed by atoms with E-state index in [9.17, 15) is 4.79 Å². The molecule has 0 fully saturated rings. The van der Waals surface area contributed by atoms with Crippen LogP contribution in [0.2, 0.25) is 0 Å². The monoisotopic (exact) mass is 507 g/mol. The second kappa shape index (κ2) is 12.2. The first-order valence-electron chi connectivity index (χ1n) is 12.9. The molecule has 4 aromatic rings. The summed E-state index contributed by atoms with van der Waals surface area (Å²) in [5.74, 6) is 1.37. The SMILES string of the molecule is CC(C)CN(CC(C)C)c1ccc(-c2ccccc2-c2nnn[nH]2)cc1NC(=O)Cc1ccc(C#N)cc1. The fourth-order valence-electron chi connectivity index (χ4n) is 4.52. The van der Waals surface area contributed by atoms with E-state index >= 15 is 0 Å². The van der Waals surface area contributed by atoms with Crippen LogP contribution in [0.5, 0.6) is 0 Å². The van der Waals surface area contributed by atoms with Crippen molar-refractivity contribution in [3.05, 3.63) is 77.9 Å². The number of carbonyl (C=O) groups is 1. The van der Waals surface area contributed by atoms with E-state index in [2.05, 4.69) is 76.7 Å². The summed E-state index contributed by atoms with van der Waals surface area (Å²) in [5.41, 5.74) is 5.95. The van der Waals surface area contributed by atoms with Crippen LogP contribution in [-0.2, 0) is 11.2 Å². The number of carbonyl (C=O) groups excluding carboxylic acids is 1. The Hall–Kier alpha value is -4.51. The molecule has 0 aliphatic heterocycles. The van der Waals surface area contributed by atoms with Gasteiger partial charge in [0.05, 0.1) is 29.4 Å². The maximum absolute atomic E-state index is 13.2. The lowest BCUT2D eigenvalue weighted by Gasteiger charge is -2.31. The van der Waals surface area contributed by atoms with Crippen LogP contribution in [0.25, 0.3) is 22.5 Å². The zero-order valence-corrected chi connectivity index (χ0v) is 22.3. The summed E-state index contributed by atoms with van der Waals surface area (Å²) < 4.78 is 0. The smallest absolute Gasteiger partial charge is 0.228 e. The van der Waals surface area contributed by atoms with Crippen LogP contribution in [0.3, 0.4) is 0 Å². The minimum Gasteiger partial charge on any atom is -0.369 e. The summed E-state index contributed by atoms with van der Waals surface area (Å²) >= 11 is 0. The summed E-state index contributed by atoms with van der Waals surface area (Å²) in [4.78, 5) is 15.6. The molecule has 0 spiro atoms. The van der Waals surface area contributed by atoms with Crippen molar-refractivity contribution < 1.29 is 4.79 Å². The summed E-state index contributed by atoms with van der Waals surface area (Å²) in [6, 6.07) is 23.3. The Labute approximate surface area is 223 Å². The predicted molar refractivity (Wildman–Crippen MR) is 150 cm³/mol. The van der Waals surface area contributed by atoms with E-state index in [-0.39, 0.29) is 12.3 Å². The molecule has 194 valence electrons. The highest BCUT2D eigenvalue weighted by Gasteiger charge is 2.19. The summed E-state index contributed by atoms with van der Waals surface area (Å²) in [5, 5.41) is 26.7. The quantitative estimate of drug-likeness (QED) is 0.285. The number of aromatic nitrogens is 4. The number of tetrazole rings is 1. The molecule has 8 heteroatoms. The third-order valence-electron chi connectivity index (χ3n) is 6.07. The van der Waals surface area contributed by atoms with Gasteiger partial charge >= 0.3 is 0 Å². The van der Waals surface area contributed by atoms with Crippen molar-refractivity contribution in [1.29, 1.82) is 5.26 Å². The number of rotatable bonds is 10. The average molecular weight is 508 g/mol. The van der Waals surface area contributed by atoms with E-state index in [1.807, 2.05) is 42.5 Å². The highest BCUT2D eigenvalue weighted by molar-refractivity contribution is 5.97. The van der Waals surface area contributed by atoms with Gasteiger partial charge in [0.15, 0.2) is 5.82 Å². The Kier molecular flexibility index (Phi) is 8.49. The number of benzene rings is 3. The fraction of sp³-hybridized carbons (Fsp3) is 0.300. The largest absolute Gasteiger partial charge is 0.369 e. The minimum absolute atomic E-state index is 0.116. The molecule has 3 aromatic carbocycles. The van der Waals surface area contributed by atoms with Crippen molar-refractivity contribution in [2.24, 2.45) is 11.8 Å². The van der Waals surface area contributed by atoms with Crippen LogP contribution in [0.15, 0.2) is 66.7 Å². The van der Waals surface area contributed by atoms with Gasteiger partial charge in [0.2, 0.25) is 5.91 Å². The molecule has 0 saturated heterocycles. The summed E-state index contributed by atoms with van der Waals surface area (Å²) in [7, 11) is 0. The molecular formula is C30H33N7O. The van der Waals surface area contributed by atoms with Crippen molar-refractivity contribution in [3.63, 3.8) is 0 Å². The van der Waals surface area contributed by atoms with Crippen molar-refractivity contribution in [1.82, 2.24) is 20.6 Å². The molecule has 38 heavy (non-hydrogen) atoms. The molecule has 0 radical (unpaired) electrons. The van der Waals surface area contributed by atoms with Gasteiger partial charge in [-0.3, -0.25) is 4.79 Å². The first kappa shape index (κ1) is 26.6. The third kappa shape index (κ3) is 6.62. The zero-order chi connectivity index (χ0) is 27.1. The standard InChI is InChI=1S/C30H33N7O/c1-20(2)18-37(19-21(3)4)28-14-13-24(25-7-5-6-8-26(25)30-33-35-36-34-30)16-27(28)32-29(38)15-22-9-11-23(17-31)12-10-22/h5-14,16,20-21H,15,18-19H2,1-4H3,(H,32,38)(H,33,34,35,36). The maximum atomic E-state index is 13.2. The molecule has 4 rings (SSSR count). The van der Waals surface area contributed by atoms with E-state index < -0.39 is 0 Å². The number of H-pyrrole nitrogens is 1. The number of aromatic amines is 1.